The van der Waals surface area contributed by atoms with Crippen molar-refractivity contribution in [1.29, 1.82) is 0 Å². The molecule has 0 unspecified atom stereocenters. The molecule has 150 valence electrons. The predicted molar refractivity (Wildman–Crippen MR) is 119 cm³/mol. The summed E-state index contributed by atoms with van der Waals surface area (Å²) in [4.78, 5) is 32.1. The number of anilines is 1. The van der Waals surface area contributed by atoms with E-state index >= 15 is 0 Å². The number of thioether (sulfide) groups is 1. The third-order valence-electron chi connectivity index (χ3n) is 5.16. The third kappa shape index (κ3) is 4.53. The van der Waals surface area contributed by atoms with Crippen molar-refractivity contribution < 1.29 is 9.59 Å². The summed E-state index contributed by atoms with van der Waals surface area (Å²) >= 11 is 1.41. The summed E-state index contributed by atoms with van der Waals surface area (Å²) in [5.41, 5.74) is 4.97. The molecule has 1 atom stereocenters. The highest BCUT2D eigenvalue weighted by molar-refractivity contribution is 8.15. The number of hydrogen-bond donors (Lipinski definition) is 1. The monoisotopic (exact) mass is 407 g/mol. The Morgan fingerprint density at radius 3 is 2.45 bits per heavy atom. The maximum atomic E-state index is 13.0. The number of nitrogens with one attached hydrogen (secondary N) is 1. The maximum Gasteiger partial charge on any atom is 0.242 e. The first-order valence-corrected chi connectivity index (χ1v) is 10.8. The molecule has 2 fully saturated rings. The zero-order chi connectivity index (χ0) is 20.5. The summed E-state index contributed by atoms with van der Waals surface area (Å²) < 4.78 is 0. The topological polar surface area (TPSA) is 61.8 Å². The van der Waals surface area contributed by atoms with Crippen molar-refractivity contribution in [3.63, 3.8) is 0 Å². The predicted octanol–water partition coefficient (Wildman–Crippen LogP) is 4.73. The van der Waals surface area contributed by atoms with E-state index in [4.69, 9.17) is 4.99 Å². The molecular weight excluding hydrogens is 382 g/mol. The summed E-state index contributed by atoms with van der Waals surface area (Å²) in [7, 11) is 0. The lowest BCUT2D eigenvalue weighted by atomic mass is 10.1. The average molecular weight is 408 g/mol. The zero-order valence-corrected chi connectivity index (χ0v) is 17.8. The van der Waals surface area contributed by atoms with Crippen molar-refractivity contribution in [3.8, 4) is 0 Å². The summed E-state index contributed by atoms with van der Waals surface area (Å²) in [5, 5.41) is 3.24. The van der Waals surface area contributed by atoms with E-state index in [0.717, 1.165) is 35.3 Å². The Morgan fingerprint density at radius 2 is 1.79 bits per heavy atom. The molecule has 4 rings (SSSR count). The van der Waals surface area contributed by atoms with Crippen LogP contribution in [0.2, 0.25) is 0 Å². The van der Waals surface area contributed by atoms with Gasteiger partial charge >= 0.3 is 0 Å². The van der Waals surface area contributed by atoms with Crippen LogP contribution in [-0.4, -0.2) is 33.2 Å². The van der Waals surface area contributed by atoms with E-state index in [1.54, 1.807) is 4.90 Å². The first kappa shape index (κ1) is 19.7. The van der Waals surface area contributed by atoms with Crippen LogP contribution in [0.5, 0.6) is 0 Å². The highest BCUT2D eigenvalue weighted by Crippen LogP contribution is 2.39. The quantitative estimate of drug-likeness (QED) is 0.779. The van der Waals surface area contributed by atoms with Crippen LogP contribution in [0.15, 0.2) is 47.5 Å². The van der Waals surface area contributed by atoms with Gasteiger partial charge in [-0.1, -0.05) is 47.2 Å². The van der Waals surface area contributed by atoms with Gasteiger partial charge in [0.15, 0.2) is 5.17 Å². The summed E-state index contributed by atoms with van der Waals surface area (Å²) in [6.45, 7) is 6.03. The van der Waals surface area contributed by atoms with Gasteiger partial charge in [-0.25, -0.2) is 4.99 Å². The number of carbonyl (C=O) groups excluding carboxylic acids is 2. The van der Waals surface area contributed by atoms with Crippen molar-refractivity contribution >= 4 is 40.1 Å². The van der Waals surface area contributed by atoms with Gasteiger partial charge in [0, 0.05) is 18.2 Å². The minimum absolute atomic E-state index is 0.000797. The fourth-order valence-corrected chi connectivity index (χ4v) is 4.63. The second kappa shape index (κ2) is 8.03. The van der Waals surface area contributed by atoms with Crippen molar-refractivity contribution in [3.05, 3.63) is 59.2 Å². The Labute approximate surface area is 175 Å². The lowest BCUT2D eigenvalue weighted by molar-refractivity contribution is -0.128. The van der Waals surface area contributed by atoms with Crippen LogP contribution < -0.4 is 5.32 Å². The molecule has 1 saturated heterocycles. The minimum Gasteiger partial charge on any atom is -0.326 e. The Balaban J connectivity index is 1.48. The summed E-state index contributed by atoms with van der Waals surface area (Å²) in [6, 6.07) is 14.1. The van der Waals surface area contributed by atoms with Crippen LogP contribution in [-0.2, 0) is 9.59 Å². The van der Waals surface area contributed by atoms with Crippen LogP contribution in [0.1, 0.15) is 36.0 Å². The third-order valence-corrected chi connectivity index (χ3v) is 6.32. The number of hydrogen-bond acceptors (Lipinski definition) is 4. The van der Waals surface area contributed by atoms with Crippen molar-refractivity contribution in [2.75, 3.05) is 5.32 Å². The van der Waals surface area contributed by atoms with Gasteiger partial charge in [-0.3, -0.25) is 14.5 Å². The Kier molecular flexibility index (Phi) is 5.46. The minimum atomic E-state index is -0.425. The number of nitrogens with zero attached hydrogens (tertiary/aromatic N) is 2. The average Bonchev–Trinajstić information content (AvgIpc) is 3.46. The molecule has 29 heavy (non-hydrogen) atoms. The largest absolute Gasteiger partial charge is 0.326 e. The van der Waals surface area contributed by atoms with Crippen LogP contribution in [0, 0.1) is 20.8 Å². The SMILES string of the molecule is Cc1ccc(N=C2S[C@@H](CC(=O)Nc3ccc(C)cc3C)C(=O)N2C2CC2)cc1. The molecule has 2 aromatic carbocycles. The van der Waals surface area contributed by atoms with Crippen molar-refractivity contribution in [2.24, 2.45) is 4.99 Å². The highest BCUT2D eigenvalue weighted by atomic mass is 32.2. The maximum absolute atomic E-state index is 13.0. The van der Waals surface area contributed by atoms with Gasteiger partial charge < -0.3 is 5.32 Å². The van der Waals surface area contributed by atoms with E-state index in [1.807, 2.05) is 63.2 Å². The van der Waals surface area contributed by atoms with Crippen LogP contribution >= 0.6 is 11.8 Å². The molecule has 6 heteroatoms. The van der Waals surface area contributed by atoms with Gasteiger partial charge in [0.25, 0.3) is 0 Å². The van der Waals surface area contributed by atoms with Crippen LogP contribution in [0.3, 0.4) is 0 Å². The van der Waals surface area contributed by atoms with E-state index in [1.165, 1.54) is 17.3 Å². The first-order valence-electron chi connectivity index (χ1n) is 9.93. The molecule has 1 heterocycles. The molecule has 0 radical (unpaired) electrons. The molecule has 1 aliphatic carbocycles. The zero-order valence-electron chi connectivity index (χ0n) is 16.9. The molecule has 1 saturated carbocycles. The Hall–Kier alpha value is -2.60. The molecule has 1 N–H and O–H groups in total. The molecule has 0 aromatic heterocycles. The number of amides is 2. The summed E-state index contributed by atoms with van der Waals surface area (Å²) in [5.74, 6) is -0.144. The van der Waals surface area contributed by atoms with Crippen LogP contribution in [0.25, 0.3) is 0 Å². The molecule has 0 bridgehead atoms. The standard InChI is InChI=1S/C23H25N3O2S/c1-14-4-7-17(8-5-14)24-23-26(18-9-10-18)22(28)20(29-23)13-21(27)25-19-11-6-15(2)12-16(19)3/h4-8,11-12,18,20H,9-10,13H2,1-3H3,(H,25,27)/t20-/m0/s1. The number of amidine groups is 1. The molecule has 0 spiro atoms. The van der Waals surface area contributed by atoms with Gasteiger partial charge in [-0.05, 0) is 57.4 Å². The Bertz CT molecular complexity index is 980. The molecule has 2 aromatic rings. The van der Waals surface area contributed by atoms with Gasteiger partial charge in [0.1, 0.15) is 5.25 Å². The van der Waals surface area contributed by atoms with Gasteiger partial charge in [0.05, 0.1) is 5.69 Å². The normalized spacial score (nSPS) is 20.4. The lowest BCUT2D eigenvalue weighted by Crippen LogP contribution is -2.35. The highest BCUT2D eigenvalue weighted by Gasteiger charge is 2.46. The molecule has 5 nitrogen and oxygen atoms in total. The van der Waals surface area contributed by atoms with E-state index in [-0.39, 0.29) is 24.3 Å². The summed E-state index contributed by atoms with van der Waals surface area (Å²) in [6.07, 6.45) is 2.15. The van der Waals surface area contributed by atoms with Gasteiger partial charge in [0.2, 0.25) is 11.8 Å². The van der Waals surface area contributed by atoms with Gasteiger partial charge in [-0.2, -0.15) is 0 Å². The molecule has 2 aliphatic rings. The second-order valence-corrected chi connectivity index (χ2v) is 9.02. The van der Waals surface area contributed by atoms with Crippen molar-refractivity contribution in [2.45, 2.75) is 51.3 Å². The second-order valence-electron chi connectivity index (χ2n) is 7.85. The van der Waals surface area contributed by atoms with E-state index in [2.05, 4.69) is 5.32 Å². The fraction of sp³-hybridized carbons (Fsp3) is 0.348. The number of carbonyl (C=O) groups is 2. The van der Waals surface area contributed by atoms with Gasteiger partial charge in [-0.15, -0.1) is 0 Å². The molecular formula is C23H25N3O2S. The lowest BCUT2D eigenvalue weighted by Gasteiger charge is -2.15. The fourth-order valence-electron chi connectivity index (χ4n) is 3.42. The first-order chi connectivity index (χ1) is 13.9. The molecule has 2 amide bonds. The van der Waals surface area contributed by atoms with E-state index in [0.29, 0.717) is 5.17 Å². The Morgan fingerprint density at radius 1 is 1.10 bits per heavy atom. The van der Waals surface area contributed by atoms with E-state index < -0.39 is 5.25 Å². The number of benzene rings is 2. The molecule has 1 aliphatic heterocycles. The number of aryl methyl sites for hydroxylation is 3. The smallest absolute Gasteiger partial charge is 0.242 e. The van der Waals surface area contributed by atoms with Crippen LogP contribution in [0.4, 0.5) is 11.4 Å². The van der Waals surface area contributed by atoms with Crippen molar-refractivity contribution in [1.82, 2.24) is 4.90 Å². The number of aliphatic imine (C=N–C) groups is 1. The van der Waals surface area contributed by atoms with E-state index in [9.17, 15) is 9.59 Å². The number of rotatable bonds is 5.